The van der Waals surface area contributed by atoms with Crippen LogP contribution in [0.1, 0.15) is 22.3 Å². The van der Waals surface area contributed by atoms with Crippen molar-refractivity contribution >= 4 is 34.0 Å². The Hall–Kier alpha value is -3.43. The van der Waals surface area contributed by atoms with E-state index in [0.29, 0.717) is 25.1 Å². The van der Waals surface area contributed by atoms with Gasteiger partial charge in [0.15, 0.2) is 0 Å². The molecule has 0 aromatic heterocycles. The summed E-state index contributed by atoms with van der Waals surface area (Å²) in [6, 6.07) is 23.4. The maximum absolute atomic E-state index is 13.7. The lowest BCUT2D eigenvalue weighted by Gasteiger charge is -2.37. The van der Waals surface area contributed by atoms with E-state index in [1.807, 2.05) is 48.5 Å². The molecule has 0 spiro atoms. The summed E-state index contributed by atoms with van der Waals surface area (Å²) in [4.78, 5) is 30.8. The summed E-state index contributed by atoms with van der Waals surface area (Å²) in [6.45, 7) is 3.36. The largest absolute Gasteiger partial charge is 0.416 e. The van der Waals surface area contributed by atoms with E-state index in [1.165, 1.54) is 33.8 Å². The van der Waals surface area contributed by atoms with Gasteiger partial charge in [0.25, 0.3) is 5.91 Å². The van der Waals surface area contributed by atoms with Crippen LogP contribution in [0.15, 0.2) is 91.0 Å². The van der Waals surface area contributed by atoms with Gasteiger partial charge in [0, 0.05) is 45.2 Å². The zero-order valence-electron chi connectivity index (χ0n) is 21.2. The summed E-state index contributed by atoms with van der Waals surface area (Å²) in [7, 11) is 0. The van der Waals surface area contributed by atoms with E-state index in [-0.39, 0.29) is 5.91 Å². The predicted octanol–water partition coefficient (Wildman–Crippen LogP) is 5.81. The number of alkyl halides is 3. The van der Waals surface area contributed by atoms with Crippen molar-refractivity contribution in [3.05, 3.63) is 113 Å². The Kier molecular flexibility index (Phi) is 9.59. The monoisotopic (exact) mass is 599 g/mol. The predicted molar refractivity (Wildman–Crippen MR) is 148 cm³/mol. The SMILES string of the molecule is O=C([C@H](Cc1ccccc1)N(Br)C(=O)/C=C/c1ccc(C(F)(F)F)cc1)N1CCN(Cc2ccccc2)CC1. The summed E-state index contributed by atoms with van der Waals surface area (Å²) >= 11 is 3.33. The van der Waals surface area contributed by atoms with Crippen molar-refractivity contribution in [3.8, 4) is 0 Å². The van der Waals surface area contributed by atoms with Gasteiger partial charge in [0.05, 0.1) is 21.7 Å². The molecular formula is C30H29BrF3N3O2. The Morgan fingerprint density at radius 1 is 0.846 bits per heavy atom. The molecule has 204 valence electrons. The maximum Gasteiger partial charge on any atom is 0.416 e. The molecule has 1 heterocycles. The Morgan fingerprint density at radius 2 is 1.41 bits per heavy atom. The van der Waals surface area contributed by atoms with E-state index >= 15 is 0 Å². The molecule has 3 aromatic carbocycles. The molecular weight excluding hydrogens is 571 g/mol. The van der Waals surface area contributed by atoms with Crippen LogP contribution in [0.2, 0.25) is 0 Å². The number of piperazine rings is 1. The van der Waals surface area contributed by atoms with Gasteiger partial charge in [-0.15, -0.1) is 0 Å². The molecule has 5 nitrogen and oxygen atoms in total. The van der Waals surface area contributed by atoms with Gasteiger partial charge in [-0.2, -0.15) is 13.2 Å². The fourth-order valence-corrected chi connectivity index (χ4v) is 4.89. The topological polar surface area (TPSA) is 43.9 Å². The molecule has 0 radical (unpaired) electrons. The number of amides is 2. The number of hydrogen-bond acceptors (Lipinski definition) is 3. The molecule has 1 aliphatic heterocycles. The molecule has 39 heavy (non-hydrogen) atoms. The van der Waals surface area contributed by atoms with Gasteiger partial charge in [-0.25, -0.2) is 0 Å². The van der Waals surface area contributed by atoms with E-state index < -0.39 is 23.7 Å². The first-order valence-corrected chi connectivity index (χ1v) is 13.3. The standard InChI is InChI=1S/C30H29BrF3N3O2/c31-37(28(38)16-13-23-11-14-26(15-12-23)30(32,33)34)27(21-24-7-3-1-4-8-24)29(39)36-19-17-35(18-20-36)22-25-9-5-2-6-10-25/h1-16,27H,17-22H2/b16-13+/t27-/m0/s1. The highest BCUT2D eigenvalue weighted by atomic mass is 79.9. The molecule has 1 saturated heterocycles. The zero-order chi connectivity index (χ0) is 27.8. The Morgan fingerprint density at radius 3 is 1.97 bits per heavy atom. The highest BCUT2D eigenvalue weighted by Gasteiger charge is 2.33. The quantitative estimate of drug-likeness (QED) is 0.242. The molecule has 1 atom stereocenters. The molecule has 2 amide bonds. The Balaban J connectivity index is 1.43. The normalized spacial score (nSPS) is 15.3. The summed E-state index contributed by atoms with van der Waals surface area (Å²) in [6.07, 6.45) is -1.43. The van der Waals surface area contributed by atoms with Crippen LogP contribution < -0.4 is 0 Å². The van der Waals surface area contributed by atoms with Crippen molar-refractivity contribution in [2.24, 2.45) is 0 Å². The maximum atomic E-state index is 13.7. The smallest absolute Gasteiger partial charge is 0.338 e. The Bertz CT molecular complexity index is 1260. The van der Waals surface area contributed by atoms with Crippen molar-refractivity contribution in [2.75, 3.05) is 26.2 Å². The van der Waals surface area contributed by atoms with Crippen LogP contribution in [0.5, 0.6) is 0 Å². The van der Waals surface area contributed by atoms with Crippen LogP contribution in [0.25, 0.3) is 6.08 Å². The minimum absolute atomic E-state index is 0.161. The van der Waals surface area contributed by atoms with Crippen LogP contribution in [0.4, 0.5) is 13.2 Å². The number of hydrogen-bond donors (Lipinski definition) is 0. The van der Waals surface area contributed by atoms with E-state index in [9.17, 15) is 22.8 Å². The Labute approximate surface area is 234 Å². The first-order chi connectivity index (χ1) is 18.7. The second kappa shape index (κ2) is 13.1. The summed E-state index contributed by atoms with van der Waals surface area (Å²) < 4.78 is 39.7. The fraction of sp³-hybridized carbons (Fsp3) is 0.267. The molecule has 3 aromatic rings. The van der Waals surface area contributed by atoms with Crippen LogP contribution in [-0.2, 0) is 28.7 Å². The van der Waals surface area contributed by atoms with Gasteiger partial charge in [-0.1, -0.05) is 72.8 Å². The molecule has 0 saturated carbocycles. The first-order valence-electron chi connectivity index (χ1n) is 12.6. The average molecular weight is 600 g/mol. The third-order valence-electron chi connectivity index (χ3n) is 6.63. The molecule has 1 aliphatic rings. The minimum Gasteiger partial charge on any atom is -0.338 e. The second-order valence-corrected chi connectivity index (χ2v) is 10.2. The number of rotatable bonds is 8. The number of carbonyl (C=O) groups excluding carboxylic acids is 2. The minimum atomic E-state index is -4.43. The first kappa shape index (κ1) is 28.6. The van der Waals surface area contributed by atoms with Crippen LogP contribution in [0.3, 0.4) is 0 Å². The van der Waals surface area contributed by atoms with Crippen LogP contribution >= 0.6 is 16.1 Å². The third kappa shape index (κ3) is 8.03. The van der Waals surface area contributed by atoms with E-state index in [4.69, 9.17) is 0 Å². The lowest BCUT2D eigenvalue weighted by Crippen LogP contribution is -2.54. The average Bonchev–Trinajstić information content (AvgIpc) is 2.95. The molecule has 4 rings (SSSR count). The van der Waals surface area contributed by atoms with Gasteiger partial charge in [0.2, 0.25) is 5.91 Å². The second-order valence-electron chi connectivity index (χ2n) is 9.40. The lowest BCUT2D eigenvalue weighted by molar-refractivity contribution is -0.140. The van der Waals surface area contributed by atoms with Crippen molar-refractivity contribution in [2.45, 2.75) is 25.2 Å². The number of halogens is 4. The van der Waals surface area contributed by atoms with E-state index in [0.717, 1.165) is 37.3 Å². The lowest BCUT2D eigenvalue weighted by atomic mass is 10.0. The molecule has 0 aliphatic carbocycles. The highest BCUT2D eigenvalue weighted by Crippen LogP contribution is 2.29. The van der Waals surface area contributed by atoms with Gasteiger partial charge < -0.3 is 4.90 Å². The fourth-order valence-electron chi connectivity index (χ4n) is 4.46. The van der Waals surface area contributed by atoms with Crippen molar-refractivity contribution in [1.82, 2.24) is 13.7 Å². The van der Waals surface area contributed by atoms with E-state index in [2.05, 4.69) is 33.2 Å². The summed E-state index contributed by atoms with van der Waals surface area (Å²) in [5.74, 6) is -0.640. The summed E-state index contributed by atoms with van der Waals surface area (Å²) in [5, 5.41) is 0. The number of benzene rings is 3. The molecule has 0 bridgehead atoms. The zero-order valence-corrected chi connectivity index (χ0v) is 22.8. The van der Waals surface area contributed by atoms with Crippen molar-refractivity contribution in [1.29, 1.82) is 0 Å². The van der Waals surface area contributed by atoms with Crippen LogP contribution in [-0.4, -0.2) is 57.8 Å². The number of carbonyl (C=O) groups is 2. The van der Waals surface area contributed by atoms with Crippen LogP contribution in [0, 0.1) is 0 Å². The summed E-state index contributed by atoms with van der Waals surface area (Å²) in [5.41, 5.74) is 1.81. The molecule has 0 N–H and O–H groups in total. The van der Waals surface area contributed by atoms with Gasteiger partial charge >= 0.3 is 6.18 Å². The molecule has 0 unspecified atom stereocenters. The van der Waals surface area contributed by atoms with Crippen molar-refractivity contribution in [3.63, 3.8) is 0 Å². The highest BCUT2D eigenvalue weighted by molar-refractivity contribution is 9.07. The molecule has 1 fully saturated rings. The van der Waals surface area contributed by atoms with Crippen molar-refractivity contribution < 1.29 is 22.8 Å². The van der Waals surface area contributed by atoms with Gasteiger partial charge in [0.1, 0.15) is 6.04 Å². The third-order valence-corrected chi connectivity index (χ3v) is 7.47. The van der Waals surface area contributed by atoms with Gasteiger partial charge in [-0.3, -0.25) is 18.4 Å². The molecule has 9 heteroatoms. The van der Waals surface area contributed by atoms with E-state index in [1.54, 1.807) is 4.90 Å². The number of nitrogens with zero attached hydrogens (tertiary/aromatic N) is 3. The van der Waals surface area contributed by atoms with Gasteiger partial charge in [-0.05, 0) is 34.9 Å².